The van der Waals surface area contributed by atoms with Crippen LogP contribution in [0.4, 0.5) is 0 Å². The predicted octanol–water partition coefficient (Wildman–Crippen LogP) is -0.899. The van der Waals surface area contributed by atoms with Crippen LogP contribution in [-0.2, 0) is 4.74 Å². The van der Waals surface area contributed by atoms with E-state index in [9.17, 15) is 0 Å². The summed E-state index contributed by atoms with van der Waals surface area (Å²) >= 11 is 0. The molecule has 0 bridgehead atoms. The molecule has 2 aliphatic heterocycles. The standard InChI is InChI=1S/C11H24N4O/c1-14-4-5-15(2)10(7-14)11(13-12)9-3-6-16-8-9/h9-11,13H,3-8,12H2,1-2H3. The fraction of sp³-hybridized carbons (Fsp3) is 1.00. The van der Waals surface area contributed by atoms with Gasteiger partial charge in [-0.15, -0.1) is 0 Å². The van der Waals surface area contributed by atoms with Crippen LogP contribution in [0.2, 0.25) is 0 Å². The molecule has 5 nitrogen and oxygen atoms in total. The Kier molecular flexibility index (Phi) is 4.16. The van der Waals surface area contributed by atoms with Gasteiger partial charge in [0.15, 0.2) is 0 Å². The monoisotopic (exact) mass is 228 g/mol. The van der Waals surface area contributed by atoms with Gasteiger partial charge in [-0.3, -0.25) is 16.2 Å². The summed E-state index contributed by atoms with van der Waals surface area (Å²) in [5.74, 6) is 6.30. The Bertz CT molecular complexity index is 220. The van der Waals surface area contributed by atoms with Crippen molar-refractivity contribution in [3.8, 4) is 0 Å². The lowest BCUT2D eigenvalue weighted by molar-refractivity contribution is 0.0656. The van der Waals surface area contributed by atoms with E-state index in [1.807, 2.05) is 0 Å². The van der Waals surface area contributed by atoms with Gasteiger partial charge in [-0.25, -0.2) is 0 Å². The van der Waals surface area contributed by atoms with Crippen LogP contribution in [0.5, 0.6) is 0 Å². The molecule has 94 valence electrons. The molecule has 2 saturated heterocycles. The van der Waals surface area contributed by atoms with Gasteiger partial charge in [0.1, 0.15) is 0 Å². The molecule has 0 radical (unpaired) electrons. The van der Waals surface area contributed by atoms with E-state index >= 15 is 0 Å². The van der Waals surface area contributed by atoms with Crippen molar-refractivity contribution in [2.75, 3.05) is 46.9 Å². The average Bonchev–Trinajstić information content (AvgIpc) is 2.78. The Balaban J connectivity index is 2.00. The van der Waals surface area contributed by atoms with Crippen LogP contribution < -0.4 is 11.3 Å². The second-order valence-corrected chi connectivity index (χ2v) is 5.13. The van der Waals surface area contributed by atoms with Crippen LogP contribution in [0, 0.1) is 5.92 Å². The summed E-state index contributed by atoms with van der Waals surface area (Å²) in [6, 6.07) is 0.839. The van der Waals surface area contributed by atoms with E-state index in [1.165, 1.54) is 0 Å². The lowest BCUT2D eigenvalue weighted by Crippen LogP contribution is -2.62. The third kappa shape index (κ3) is 2.55. The molecule has 5 heteroatoms. The van der Waals surface area contributed by atoms with Crippen LogP contribution in [0.1, 0.15) is 6.42 Å². The third-order valence-electron chi connectivity index (χ3n) is 3.98. The molecule has 2 aliphatic rings. The number of hydrogen-bond donors (Lipinski definition) is 2. The predicted molar refractivity (Wildman–Crippen MR) is 64.0 cm³/mol. The van der Waals surface area contributed by atoms with Gasteiger partial charge in [-0.05, 0) is 20.5 Å². The van der Waals surface area contributed by atoms with Crippen molar-refractivity contribution in [3.63, 3.8) is 0 Å². The molecule has 0 aliphatic carbocycles. The lowest BCUT2D eigenvalue weighted by atomic mass is 9.91. The number of ether oxygens (including phenoxy) is 1. The summed E-state index contributed by atoms with van der Waals surface area (Å²) in [7, 11) is 4.37. The third-order valence-corrected chi connectivity index (χ3v) is 3.98. The zero-order chi connectivity index (χ0) is 11.5. The van der Waals surface area contributed by atoms with Gasteiger partial charge in [-0.1, -0.05) is 0 Å². The van der Waals surface area contributed by atoms with Crippen molar-refractivity contribution in [2.24, 2.45) is 11.8 Å². The number of nitrogens with zero attached hydrogens (tertiary/aromatic N) is 2. The van der Waals surface area contributed by atoms with Crippen molar-refractivity contribution < 1.29 is 4.74 Å². The van der Waals surface area contributed by atoms with Crippen LogP contribution in [-0.4, -0.2) is 68.8 Å². The topological polar surface area (TPSA) is 53.8 Å². The fourth-order valence-corrected chi connectivity index (χ4v) is 2.83. The van der Waals surface area contributed by atoms with E-state index in [-0.39, 0.29) is 0 Å². The van der Waals surface area contributed by atoms with Crippen molar-refractivity contribution >= 4 is 0 Å². The zero-order valence-corrected chi connectivity index (χ0v) is 10.4. The summed E-state index contributed by atoms with van der Waals surface area (Å²) in [6.07, 6.45) is 1.13. The number of nitrogens with one attached hydrogen (secondary N) is 1. The number of rotatable bonds is 3. The lowest BCUT2D eigenvalue weighted by Gasteiger charge is -2.43. The summed E-state index contributed by atoms with van der Waals surface area (Å²) < 4.78 is 5.47. The highest BCUT2D eigenvalue weighted by molar-refractivity contribution is 4.92. The SMILES string of the molecule is CN1CCN(C)C(C(NN)C2CCOC2)C1. The Labute approximate surface area is 97.9 Å². The maximum atomic E-state index is 5.74. The Morgan fingerprint density at radius 1 is 1.38 bits per heavy atom. The number of piperazine rings is 1. The number of likely N-dealkylation sites (N-methyl/N-ethyl adjacent to an activating group) is 2. The molecule has 2 rings (SSSR count). The van der Waals surface area contributed by atoms with E-state index < -0.39 is 0 Å². The average molecular weight is 228 g/mol. The van der Waals surface area contributed by atoms with E-state index in [2.05, 4.69) is 29.3 Å². The smallest absolute Gasteiger partial charge is 0.0511 e. The molecule has 3 unspecified atom stereocenters. The second-order valence-electron chi connectivity index (χ2n) is 5.13. The summed E-state index contributed by atoms with van der Waals surface area (Å²) in [5, 5.41) is 0. The molecule has 0 amide bonds. The van der Waals surface area contributed by atoms with Gasteiger partial charge < -0.3 is 9.64 Å². The highest BCUT2D eigenvalue weighted by Gasteiger charge is 2.35. The molecule has 0 aromatic heterocycles. The summed E-state index contributed by atoms with van der Waals surface area (Å²) in [6.45, 7) is 5.08. The van der Waals surface area contributed by atoms with Gasteiger partial charge in [0, 0.05) is 44.2 Å². The largest absolute Gasteiger partial charge is 0.381 e. The molecule has 0 spiro atoms. The van der Waals surface area contributed by atoms with E-state index in [1.54, 1.807) is 0 Å². The minimum absolute atomic E-state index is 0.343. The first-order valence-corrected chi connectivity index (χ1v) is 6.15. The van der Waals surface area contributed by atoms with Crippen molar-refractivity contribution in [1.82, 2.24) is 15.2 Å². The van der Waals surface area contributed by atoms with Crippen LogP contribution in [0.15, 0.2) is 0 Å². The Morgan fingerprint density at radius 2 is 2.19 bits per heavy atom. The fourth-order valence-electron chi connectivity index (χ4n) is 2.83. The van der Waals surface area contributed by atoms with E-state index in [4.69, 9.17) is 10.6 Å². The Morgan fingerprint density at radius 3 is 2.81 bits per heavy atom. The molecular formula is C11H24N4O. The molecule has 3 N–H and O–H groups in total. The zero-order valence-electron chi connectivity index (χ0n) is 10.4. The minimum Gasteiger partial charge on any atom is -0.381 e. The second kappa shape index (κ2) is 5.42. The summed E-state index contributed by atoms with van der Waals surface area (Å²) in [4.78, 5) is 4.80. The van der Waals surface area contributed by atoms with Crippen LogP contribution >= 0.6 is 0 Å². The number of nitrogens with two attached hydrogens (primary N) is 1. The van der Waals surface area contributed by atoms with E-state index in [0.717, 1.165) is 39.3 Å². The molecular weight excluding hydrogens is 204 g/mol. The molecule has 0 saturated carbocycles. The molecule has 0 aromatic rings. The number of hydrogen-bond acceptors (Lipinski definition) is 5. The van der Waals surface area contributed by atoms with Crippen molar-refractivity contribution in [3.05, 3.63) is 0 Å². The highest BCUT2D eigenvalue weighted by atomic mass is 16.5. The van der Waals surface area contributed by atoms with Gasteiger partial charge in [-0.2, -0.15) is 0 Å². The minimum atomic E-state index is 0.343. The van der Waals surface area contributed by atoms with Gasteiger partial charge >= 0.3 is 0 Å². The first kappa shape index (κ1) is 12.3. The first-order chi connectivity index (χ1) is 7.72. The maximum absolute atomic E-state index is 5.74. The van der Waals surface area contributed by atoms with Gasteiger partial charge in [0.2, 0.25) is 0 Å². The van der Waals surface area contributed by atoms with Crippen LogP contribution in [0.3, 0.4) is 0 Å². The molecule has 16 heavy (non-hydrogen) atoms. The van der Waals surface area contributed by atoms with E-state index in [0.29, 0.717) is 18.0 Å². The summed E-state index contributed by atoms with van der Waals surface area (Å²) in [5.41, 5.74) is 3.02. The normalized spacial score (nSPS) is 35.4. The maximum Gasteiger partial charge on any atom is 0.0511 e. The van der Waals surface area contributed by atoms with Gasteiger partial charge in [0.25, 0.3) is 0 Å². The Hall–Kier alpha value is -0.200. The molecule has 3 atom stereocenters. The van der Waals surface area contributed by atoms with Crippen molar-refractivity contribution in [1.29, 1.82) is 0 Å². The quantitative estimate of drug-likeness (QED) is 0.484. The highest BCUT2D eigenvalue weighted by Crippen LogP contribution is 2.22. The van der Waals surface area contributed by atoms with Crippen LogP contribution in [0.25, 0.3) is 0 Å². The number of hydrazine groups is 1. The molecule has 0 aromatic carbocycles. The van der Waals surface area contributed by atoms with Gasteiger partial charge in [0.05, 0.1) is 6.61 Å². The van der Waals surface area contributed by atoms with Crippen molar-refractivity contribution in [2.45, 2.75) is 18.5 Å². The first-order valence-electron chi connectivity index (χ1n) is 6.15. The molecule has 2 fully saturated rings. The molecule has 2 heterocycles.